The first-order chi connectivity index (χ1) is 12.1. The average molecular weight is 353 g/mol. The van der Waals surface area contributed by atoms with Gasteiger partial charge in [0.25, 0.3) is 0 Å². The minimum absolute atomic E-state index is 0.134. The zero-order chi connectivity index (χ0) is 17.4. The molecule has 9 heteroatoms. The molecule has 1 aliphatic heterocycles. The first-order valence-corrected chi connectivity index (χ1v) is 8.54. The quantitative estimate of drug-likeness (QED) is 0.665. The number of nitrogens with one attached hydrogen (secondary N) is 3. The summed E-state index contributed by atoms with van der Waals surface area (Å²) in [6.45, 7) is 3.57. The molecule has 8 nitrogen and oxygen atoms in total. The van der Waals surface area contributed by atoms with Gasteiger partial charge in [0.2, 0.25) is 11.0 Å². The standard InChI is InChI=1S/C16H15N7OS/c1-8-14(24)20-11-12(17-8)18-9(2)19-13(11)21-16-23-22-15(25-16)10-6-4-3-5-7-10/h3-8H,1-2H3,(H,20,24)(H2,17,18,19,21,23). The summed E-state index contributed by atoms with van der Waals surface area (Å²) >= 11 is 1.41. The predicted molar refractivity (Wildman–Crippen MR) is 97.1 cm³/mol. The molecular formula is C16H15N7OS. The van der Waals surface area contributed by atoms with Crippen molar-refractivity contribution in [2.75, 3.05) is 16.0 Å². The van der Waals surface area contributed by atoms with Crippen molar-refractivity contribution < 1.29 is 4.79 Å². The number of rotatable bonds is 3. The number of fused-ring (bicyclic) bond motifs is 1. The van der Waals surface area contributed by atoms with Gasteiger partial charge in [-0.1, -0.05) is 41.7 Å². The van der Waals surface area contributed by atoms with E-state index in [2.05, 4.69) is 36.1 Å². The largest absolute Gasteiger partial charge is 0.357 e. The first kappa shape index (κ1) is 15.5. The summed E-state index contributed by atoms with van der Waals surface area (Å²) in [5.74, 6) is 1.54. The summed E-state index contributed by atoms with van der Waals surface area (Å²) in [6.07, 6.45) is 0. The van der Waals surface area contributed by atoms with Crippen LogP contribution < -0.4 is 16.0 Å². The Morgan fingerprint density at radius 1 is 1.16 bits per heavy atom. The van der Waals surface area contributed by atoms with Crippen molar-refractivity contribution in [2.45, 2.75) is 19.9 Å². The van der Waals surface area contributed by atoms with E-state index in [1.54, 1.807) is 13.8 Å². The number of amides is 1. The Balaban J connectivity index is 1.66. The summed E-state index contributed by atoms with van der Waals surface area (Å²) in [6, 6.07) is 9.48. The Morgan fingerprint density at radius 2 is 1.96 bits per heavy atom. The van der Waals surface area contributed by atoms with Crippen LogP contribution in [0.1, 0.15) is 12.7 Å². The minimum atomic E-state index is -0.346. The van der Waals surface area contributed by atoms with E-state index in [1.165, 1.54) is 11.3 Å². The maximum Gasteiger partial charge on any atom is 0.246 e. The molecule has 1 atom stereocenters. The van der Waals surface area contributed by atoms with E-state index in [9.17, 15) is 4.79 Å². The lowest BCUT2D eigenvalue weighted by atomic mass is 10.2. The molecule has 3 heterocycles. The van der Waals surface area contributed by atoms with Gasteiger partial charge in [0.15, 0.2) is 11.6 Å². The molecule has 1 aromatic carbocycles. The van der Waals surface area contributed by atoms with Crippen LogP contribution in [0.3, 0.4) is 0 Å². The van der Waals surface area contributed by atoms with Crippen molar-refractivity contribution in [1.29, 1.82) is 0 Å². The molecule has 3 N–H and O–H groups in total. The fraction of sp³-hybridized carbons (Fsp3) is 0.188. The molecule has 0 fully saturated rings. The van der Waals surface area contributed by atoms with Crippen molar-refractivity contribution in [2.24, 2.45) is 0 Å². The van der Waals surface area contributed by atoms with Gasteiger partial charge in [-0.25, -0.2) is 9.97 Å². The topological polar surface area (TPSA) is 105 Å². The van der Waals surface area contributed by atoms with Crippen LogP contribution in [0.25, 0.3) is 10.6 Å². The Kier molecular flexibility index (Phi) is 3.77. The average Bonchev–Trinajstić information content (AvgIpc) is 3.06. The molecular weight excluding hydrogens is 338 g/mol. The molecule has 0 saturated carbocycles. The maximum absolute atomic E-state index is 12.0. The van der Waals surface area contributed by atoms with Gasteiger partial charge >= 0.3 is 0 Å². The number of anilines is 4. The molecule has 1 unspecified atom stereocenters. The Hall–Kier alpha value is -3.07. The predicted octanol–water partition coefficient (Wildman–Crippen LogP) is 2.80. The number of benzene rings is 1. The zero-order valence-electron chi connectivity index (χ0n) is 13.6. The highest BCUT2D eigenvalue weighted by atomic mass is 32.1. The lowest BCUT2D eigenvalue weighted by molar-refractivity contribution is -0.116. The summed E-state index contributed by atoms with van der Waals surface area (Å²) in [4.78, 5) is 20.7. The molecule has 1 amide bonds. The Labute approximate surface area is 147 Å². The second-order valence-corrected chi connectivity index (χ2v) is 6.58. The fourth-order valence-electron chi connectivity index (χ4n) is 2.46. The number of hydrogen-bond donors (Lipinski definition) is 3. The molecule has 25 heavy (non-hydrogen) atoms. The highest BCUT2D eigenvalue weighted by Gasteiger charge is 2.26. The van der Waals surface area contributed by atoms with Gasteiger partial charge in [0, 0.05) is 5.56 Å². The van der Waals surface area contributed by atoms with Gasteiger partial charge in [-0.3, -0.25) is 4.79 Å². The van der Waals surface area contributed by atoms with Crippen molar-refractivity contribution in [3.8, 4) is 10.6 Å². The third kappa shape index (κ3) is 3.01. The van der Waals surface area contributed by atoms with Gasteiger partial charge in [-0.2, -0.15) is 0 Å². The van der Waals surface area contributed by atoms with E-state index >= 15 is 0 Å². The first-order valence-electron chi connectivity index (χ1n) is 7.72. The second kappa shape index (κ2) is 6.10. The molecule has 0 radical (unpaired) electrons. The Bertz CT molecular complexity index is 941. The van der Waals surface area contributed by atoms with Crippen LogP contribution in [0, 0.1) is 6.92 Å². The van der Waals surface area contributed by atoms with Crippen LogP contribution >= 0.6 is 11.3 Å². The van der Waals surface area contributed by atoms with Gasteiger partial charge in [0.05, 0.1) is 0 Å². The summed E-state index contributed by atoms with van der Waals surface area (Å²) in [5.41, 5.74) is 1.52. The number of carbonyl (C=O) groups is 1. The van der Waals surface area contributed by atoms with E-state index in [1.807, 2.05) is 30.3 Å². The van der Waals surface area contributed by atoms with Crippen LogP contribution in [0.5, 0.6) is 0 Å². The molecule has 2 aromatic heterocycles. The third-order valence-electron chi connectivity index (χ3n) is 3.69. The maximum atomic E-state index is 12.0. The van der Waals surface area contributed by atoms with Crippen LogP contribution in [0.15, 0.2) is 30.3 Å². The lowest BCUT2D eigenvalue weighted by Gasteiger charge is -2.24. The van der Waals surface area contributed by atoms with Crippen molar-refractivity contribution in [3.63, 3.8) is 0 Å². The summed E-state index contributed by atoms with van der Waals surface area (Å²) < 4.78 is 0. The fourth-order valence-corrected chi connectivity index (χ4v) is 3.21. The van der Waals surface area contributed by atoms with Crippen molar-refractivity contribution in [3.05, 3.63) is 36.2 Å². The van der Waals surface area contributed by atoms with Crippen molar-refractivity contribution in [1.82, 2.24) is 20.2 Å². The van der Waals surface area contributed by atoms with Crippen LogP contribution in [-0.4, -0.2) is 32.1 Å². The van der Waals surface area contributed by atoms with Gasteiger partial charge < -0.3 is 16.0 Å². The highest BCUT2D eigenvalue weighted by molar-refractivity contribution is 7.18. The number of nitrogens with zero attached hydrogens (tertiary/aromatic N) is 4. The SMILES string of the molecule is Cc1nc(Nc2nnc(-c3ccccc3)s2)c2c(n1)NC(C)C(=O)N2. The highest BCUT2D eigenvalue weighted by Crippen LogP contribution is 2.34. The molecule has 126 valence electrons. The monoisotopic (exact) mass is 353 g/mol. The smallest absolute Gasteiger partial charge is 0.246 e. The Morgan fingerprint density at radius 3 is 2.76 bits per heavy atom. The van der Waals surface area contributed by atoms with E-state index in [0.29, 0.717) is 28.3 Å². The molecule has 1 aliphatic rings. The van der Waals surface area contributed by atoms with E-state index < -0.39 is 0 Å². The number of aryl methyl sites for hydroxylation is 1. The van der Waals surface area contributed by atoms with E-state index in [-0.39, 0.29) is 11.9 Å². The minimum Gasteiger partial charge on any atom is -0.357 e. The number of carbonyl (C=O) groups excluding carboxylic acids is 1. The summed E-state index contributed by atoms with van der Waals surface area (Å²) in [7, 11) is 0. The van der Waals surface area contributed by atoms with Crippen LogP contribution in [-0.2, 0) is 4.79 Å². The third-order valence-corrected chi connectivity index (χ3v) is 4.57. The van der Waals surface area contributed by atoms with E-state index in [4.69, 9.17) is 0 Å². The van der Waals surface area contributed by atoms with E-state index in [0.717, 1.165) is 10.6 Å². The van der Waals surface area contributed by atoms with Crippen LogP contribution in [0.4, 0.5) is 22.5 Å². The molecule has 0 saturated heterocycles. The number of aromatic nitrogens is 4. The molecule has 4 rings (SSSR count). The van der Waals surface area contributed by atoms with Gasteiger partial charge in [-0.15, -0.1) is 10.2 Å². The van der Waals surface area contributed by atoms with Gasteiger partial charge in [0.1, 0.15) is 22.6 Å². The molecule has 3 aromatic rings. The van der Waals surface area contributed by atoms with Crippen LogP contribution in [0.2, 0.25) is 0 Å². The normalized spacial score (nSPS) is 15.9. The molecule has 0 aliphatic carbocycles. The number of hydrogen-bond acceptors (Lipinski definition) is 8. The second-order valence-electron chi connectivity index (χ2n) is 5.60. The zero-order valence-corrected chi connectivity index (χ0v) is 14.4. The van der Waals surface area contributed by atoms with Gasteiger partial charge in [-0.05, 0) is 13.8 Å². The van der Waals surface area contributed by atoms with Crippen molar-refractivity contribution >= 4 is 39.7 Å². The molecule has 0 spiro atoms. The summed E-state index contributed by atoms with van der Waals surface area (Å²) in [5, 5.41) is 18.8. The lowest BCUT2D eigenvalue weighted by Crippen LogP contribution is -2.37. The molecule has 0 bridgehead atoms.